The first-order valence-corrected chi connectivity index (χ1v) is 17.0. The van der Waals surface area contributed by atoms with Gasteiger partial charge in [0.2, 0.25) is 5.91 Å². The van der Waals surface area contributed by atoms with E-state index in [0.717, 1.165) is 0 Å². The highest BCUT2D eigenvalue weighted by molar-refractivity contribution is 7.99. The van der Waals surface area contributed by atoms with E-state index >= 15 is 0 Å². The molecule has 5 unspecified atom stereocenters. The molecule has 1 saturated heterocycles. The standard InChI is InChI=1S/C30H55NO15S/c1-23(25(33)20-27-28(31-24(2)32)26(34)21-30(37,46-27)29(35)36)22-47-19-18-45-17-16-44-15-14-43-13-12-42-11-10-41-9-8-40-7-6-39-5-4-38-3/h23,26-28,34,37H,4-22H2,1-3H3,(H,31,32)(H,35,36). The molecule has 0 aromatic heterocycles. The van der Waals surface area contributed by atoms with E-state index in [0.29, 0.717) is 111 Å². The number of aliphatic hydroxyl groups excluding tert-OH is 1. The largest absolute Gasteiger partial charge is 0.477 e. The van der Waals surface area contributed by atoms with Crippen molar-refractivity contribution in [2.24, 2.45) is 5.92 Å². The van der Waals surface area contributed by atoms with E-state index in [1.165, 1.54) is 18.7 Å². The maximum atomic E-state index is 12.8. The molecule has 5 atom stereocenters. The monoisotopic (exact) mass is 701 g/mol. The smallest absolute Gasteiger partial charge is 0.364 e. The molecule has 0 bridgehead atoms. The van der Waals surface area contributed by atoms with Gasteiger partial charge in [0.25, 0.3) is 5.79 Å². The maximum Gasteiger partial charge on any atom is 0.364 e. The van der Waals surface area contributed by atoms with Crippen LogP contribution in [0.25, 0.3) is 0 Å². The van der Waals surface area contributed by atoms with E-state index in [1.807, 2.05) is 0 Å². The molecule has 276 valence electrons. The third-order valence-electron chi connectivity index (χ3n) is 6.71. The van der Waals surface area contributed by atoms with Crippen molar-refractivity contribution in [3.05, 3.63) is 0 Å². The number of aliphatic hydroxyl groups is 2. The quantitative estimate of drug-likeness (QED) is 0.0673. The first-order chi connectivity index (χ1) is 22.6. The number of methoxy groups -OCH3 is 1. The van der Waals surface area contributed by atoms with Crippen molar-refractivity contribution in [3.63, 3.8) is 0 Å². The van der Waals surface area contributed by atoms with Crippen molar-refractivity contribution >= 4 is 29.4 Å². The molecule has 47 heavy (non-hydrogen) atoms. The Hall–Kier alpha value is -1.48. The Labute approximate surface area is 281 Å². The van der Waals surface area contributed by atoms with Crippen LogP contribution < -0.4 is 5.32 Å². The van der Waals surface area contributed by atoms with Crippen LogP contribution in [0.4, 0.5) is 0 Å². The molecule has 0 aromatic carbocycles. The van der Waals surface area contributed by atoms with Crippen LogP contribution in [0.1, 0.15) is 26.7 Å². The van der Waals surface area contributed by atoms with Crippen LogP contribution in [0.3, 0.4) is 0 Å². The number of thioether (sulfide) groups is 1. The van der Waals surface area contributed by atoms with Crippen LogP contribution >= 0.6 is 11.8 Å². The molecule has 16 nitrogen and oxygen atoms in total. The molecular weight excluding hydrogens is 646 g/mol. The number of carboxylic acid groups (broad SMARTS) is 1. The summed E-state index contributed by atoms with van der Waals surface area (Å²) in [6.45, 7) is 10.2. The van der Waals surface area contributed by atoms with Gasteiger partial charge < -0.3 is 63.3 Å². The number of carbonyl (C=O) groups excluding carboxylic acids is 2. The Balaban J connectivity index is 1.96. The van der Waals surface area contributed by atoms with E-state index in [9.17, 15) is 29.7 Å². The zero-order chi connectivity index (χ0) is 34.8. The Morgan fingerprint density at radius 2 is 1.23 bits per heavy atom. The normalized spacial score (nSPS) is 21.9. The predicted molar refractivity (Wildman–Crippen MR) is 169 cm³/mol. The highest BCUT2D eigenvalue weighted by atomic mass is 32.2. The fourth-order valence-corrected chi connectivity index (χ4v) is 5.14. The zero-order valence-corrected chi connectivity index (χ0v) is 28.7. The van der Waals surface area contributed by atoms with Crippen molar-refractivity contribution in [1.29, 1.82) is 0 Å². The van der Waals surface area contributed by atoms with Crippen molar-refractivity contribution in [2.45, 2.75) is 50.7 Å². The van der Waals surface area contributed by atoms with Gasteiger partial charge in [-0.1, -0.05) is 6.92 Å². The molecule has 1 aliphatic heterocycles. The summed E-state index contributed by atoms with van der Waals surface area (Å²) in [6, 6.07) is -1.02. The van der Waals surface area contributed by atoms with E-state index in [-0.39, 0.29) is 12.2 Å². The molecule has 17 heteroatoms. The summed E-state index contributed by atoms with van der Waals surface area (Å²) in [7, 11) is 1.63. The van der Waals surface area contributed by atoms with Gasteiger partial charge in [0.1, 0.15) is 5.78 Å². The van der Waals surface area contributed by atoms with Gasteiger partial charge in [0.05, 0.1) is 117 Å². The number of carbonyl (C=O) groups is 3. The van der Waals surface area contributed by atoms with Crippen LogP contribution in [0, 0.1) is 5.92 Å². The summed E-state index contributed by atoms with van der Waals surface area (Å²) < 4.78 is 48.2. The fourth-order valence-electron chi connectivity index (χ4n) is 4.19. The van der Waals surface area contributed by atoms with Crippen molar-refractivity contribution in [1.82, 2.24) is 5.32 Å². The Bertz CT molecular complexity index is 841. The van der Waals surface area contributed by atoms with E-state index < -0.39 is 48.3 Å². The molecule has 0 saturated carbocycles. The second-order valence-electron chi connectivity index (χ2n) is 10.7. The summed E-state index contributed by atoms with van der Waals surface area (Å²) in [6.07, 6.45) is -3.51. The number of ether oxygens (including phenoxy) is 9. The van der Waals surface area contributed by atoms with E-state index in [4.69, 9.17) is 42.6 Å². The number of amides is 1. The minimum absolute atomic E-state index is 0.245. The highest BCUT2D eigenvalue weighted by Crippen LogP contribution is 2.30. The lowest BCUT2D eigenvalue weighted by atomic mass is 9.89. The minimum Gasteiger partial charge on any atom is -0.477 e. The van der Waals surface area contributed by atoms with Crippen molar-refractivity contribution in [3.8, 4) is 0 Å². The lowest BCUT2D eigenvalue weighted by molar-refractivity contribution is -0.276. The van der Waals surface area contributed by atoms with Crippen LogP contribution in [0.2, 0.25) is 0 Å². The molecule has 1 aliphatic rings. The Kier molecular flexibility index (Phi) is 25.3. The number of aliphatic carboxylic acids is 1. The van der Waals surface area contributed by atoms with Crippen LogP contribution in [0.5, 0.6) is 0 Å². The van der Waals surface area contributed by atoms with Gasteiger partial charge >= 0.3 is 5.97 Å². The summed E-state index contributed by atoms with van der Waals surface area (Å²) in [5, 5.41) is 32.4. The number of nitrogens with one attached hydrogen (secondary N) is 1. The summed E-state index contributed by atoms with van der Waals surface area (Å²) >= 11 is 1.52. The van der Waals surface area contributed by atoms with E-state index in [2.05, 4.69) is 5.32 Å². The SMILES string of the molecule is COCCOCCOCCOCCOCCOCCOCCOCCSCC(C)C(=O)CC1OC(O)(C(=O)O)CC(O)C1NC(C)=O. The van der Waals surface area contributed by atoms with Gasteiger partial charge in [-0.2, -0.15) is 11.8 Å². The molecule has 1 rings (SSSR count). The van der Waals surface area contributed by atoms with Crippen molar-refractivity contribution in [2.75, 3.05) is 118 Å². The molecule has 1 fully saturated rings. The van der Waals surface area contributed by atoms with Crippen LogP contribution in [-0.4, -0.2) is 175 Å². The van der Waals surface area contributed by atoms with Gasteiger partial charge in [0.15, 0.2) is 0 Å². The number of hydrogen-bond acceptors (Lipinski definition) is 15. The number of carboxylic acids is 1. The van der Waals surface area contributed by atoms with Crippen LogP contribution in [0.15, 0.2) is 0 Å². The van der Waals surface area contributed by atoms with Crippen molar-refractivity contribution < 1.29 is 72.3 Å². The first kappa shape index (κ1) is 43.5. The average molecular weight is 702 g/mol. The summed E-state index contributed by atoms with van der Waals surface area (Å²) in [5.41, 5.74) is 0. The predicted octanol–water partition coefficient (Wildman–Crippen LogP) is -0.495. The van der Waals surface area contributed by atoms with Gasteiger partial charge in [-0.25, -0.2) is 4.79 Å². The first-order valence-electron chi connectivity index (χ1n) is 15.8. The van der Waals surface area contributed by atoms with Gasteiger partial charge in [-0.15, -0.1) is 0 Å². The van der Waals surface area contributed by atoms with Gasteiger partial charge in [-0.05, 0) is 0 Å². The molecule has 0 aromatic rings. The van der Waals surface area contributed by atoms with Gasteiger partial charge in [0, 0.05) is 44.3 Å². The molecule has 0 radical (unpaired) electrons. The fraction of sp³-hybridized carbons (Fsp3) is 0.900. The summed E-state index contributed by atoms with van der Waals surface area (Å²) in [5.74, 6) is -4.32. The van der Waals surface area contributed by atoms with E-state index in [1.54, 1.807) is 14.0 Å². The topological polar surface area (TPSA) is 207 Å². The molecule has 1 amide bonds. The molecule has 0 aliphatic carbocycles. The molecule has 4 N–H and O–H groups in total. The minimum atomic E-state index is -2.64. The lowest BCUT2D eigenvalue weighted by Gasteiger charge is -2.42. The number of Topliss-reactive ketones (excluding diaryl/α,β-unsaturated/α-hetero) is 1. The lowest BCUT2D eigenvalue weighted by Crippen LogP contribution is -2.63. The molecular formula is C30H55NO15S. The van der Waals surface area contributed by atoms with Gasteiger partial charge in [-0.3, -0.25) is 9.59 Å². The zero-order valence-electron chi connectivity index (χ0n) is 27.9. The summed E-state index contributed by atoms with van der Waals surface area (Å²) in [4.78, 5) is 35.8. The Morgan fingerprint density at radius 1 is 0.809 bits per heavy atom. The van der Waals surface area contributed by atoms with Crippen LogP contribution in [-0.2, 0) is 57.0 Å². The third kappa shape index (κ3) is 21.3. The number of rotatable bonds is 31. The second-order valence-corrected chi connectivity index (χ2v) is 11.8. The second kappa shape index (κ2) is 27.4. The molecule has 0 spiro atoms. The maximum absolute atomic E-state index is 12.8. The Morgan fingerprint density at radius 3 is 1.64 bits per heavy atom. The average Bonchev–Trinajstić information content (AvgIpc) is 3.02. The number of ketones is 1. The molecule has 1 heterocycles. The third-order valence-corrected chi connectivity index (χ3v) is 7.90. The highest BCUT2D eigenvalue weighted by Gasteiger charge is 2.51. The number of hydrogen-bond donors (Lipinski definition) is 4.